The van der Waals surface area contributed by atoms with Crippen LogP contribution in [0.25, 0.3) is 6.08 Å². The van der Waals surface area contributed by atoms with Gasteiger partial charge in [0.15, 0.2) is 16.7 Å². The molecule has 0 unspecified atom stereocenters. The van der Waals surface area contributed by atoms with Gasteiger partial charge in [0.25, 0.3) is 5.91 Å². The van der Waals surface area contributed by atoms with Crippen LogP contribution < -0.4 is 9.47 Å². The number of aliphatic imine (C=N–C) groups is 1. The first kappa shape index (κ1) is 27.6. The Labute approximate surface area is 243 Å². The number of amidine groups is 1. The molecule has 0 spiro atoms. The number of methoxy groups -OCH3 is 1. The molecule has 1 aliphatic heterocycles. The molecule has 1 saturated heterocycles. The molecule has 0 radical (unpaired) electrons. The maximum Gasteiger partial charge on any atom is 0.266 e. The number of hydrogen-bond donors (Lipinski definition) is 0. The fraction of sp³-hybridized carbons (Fsp3) is 0.467. The van der Waals surface area contributed by atoms with Gasteiger partial charge in [0.2, 0.25) is 0 Å². The molecule has 5 nitrogen and oxygen atoms in total. The van der Waals surface area contributed by atoms with Crippen LogP contribution in [0.4, 0.5) is 0 Å². The number of benzene rings is 2. The summed E-state index contributed by atoms with van der Waals surface area (Å²) in [5.41, 5.74) is 1.83. The Hall–Kier alpha value is -1.96. The number of thioether (sulfide) groups is 1. The van der Waals surface area contributed by atoms with Crippen molar-refractivity contribution in [3.8, 4) is 11.5 Å². The predicted octanol–water partition coefficient (Wildman–Crippen LogP) is 8.63. The Kier molecular flexibility index (Phi) is 9.39. The van der Waals surface area contributed by atoms with Gasteiger partial charge in [-0.2, -0.15) is 0 Å². The maximum absolute atomic E-state index is 13.7. The van der Waals surface area contributed by atoms with Crippen LogP contribution in [0.3, 0.4) is 0 Å². The molecule has 38 heavy (non-hydrogen) atoms. The molecule has 3 fully saturated rings. The van der Waals surface area contributed by atoms with E-state index in [9.17, 15) is 4.79 Å². The van der Waals surface area contributed by atoms with E-state index in [0.29, 0.717) is 34.1 Å². The lowest BCUT2D eigenvalue weighted by molar-refractivity contribution is -0.124. The third kappa shape index (κ3) is 6.60. The summed E-state index contributed by atoms with van der Waals surface area (Å²) < 4.78 is 12.7. The number of ether oxygens (including phenoxy) is 2. The minimum Gasteiger partial charge on any atom is -0.493 e. The molecule has 202 valence electrons. The molecule has 2 saturated carbocycles. The Morgan fingerprint density at radius 3 is 2.42 bits per heavy atom. The van der Waals surface area contributed by atoms with Crippen LogP contribution >= 0.6 is 39.3 Å². The quantitative estimate of drug-likeness (QED) is 0.292. The Balaban J connectivity index is 1.39. The first-order valence-electron chi connectivity index (χ1n) is 13.6. The summed E-state index contributed by atoms with van der Waals surface area (Å²) >= 11 is 11.6. The number of rotatable bonds is 7. The molecular weight excluding hydrogens is 584 g/mol. The summed E-state index contributed by atoms with van der Waals surface area (Å²) in [5, 5.41) is 1.33. The average molecular weight is 618 g/mol. The first-order valence-corrected chi connectivity index (χ1v) is 15.6. The number of amides is 1. The molecule has 2 aromatic carbocycles. The zero-order valence-electron chi connectivity index (χ0n) is 21.8. The zero-order valence-corrected chi connectivity index (χ0v) is 24.9. The highest BCUT2D eigenvalue weighted by atomic mass is 79.9. The molecule has 2 aliphatic carbocycles. The van der Waals surface area contributed by atoms with Crippen LogP contribution in [0.2, 0.25) is 5.02 Å². The highest BCUT2D eigenvalue weighted by Crippen LogP contribution is 2.41. The van der Waals surface area contributed by atoms with Crippen LogP contribution in [0.1, 0.15) is 75.3 Å². The van der Waals surface area contributed by atoms with E-state index in [0.717, 1.165) is 46.5 Å². The molecule has 1 heterocycles. The van der Waals surface area contributed by atoms with Crippen LogP contribution in [0.15, 0.2) is 50.8 Å². The number of carbonyl (C=O) groups excluding carboxylic acids is 1. The normalized spacial score (nSPS) is 21.4. The van der Waals surface area contributed by atoms with E-state index in [1.54, 1.807) is 7.11 Å². The van der Waals surface area contributed by atoms with E-state index in [4.69, 9.17) is 26.1 Å². The highest BCUT2D eigenvalue weighted by molar-refractivity contribution is 9.10. The van der Waals surface area contributed by atoms with Crippen molar-refractivity contribution in [3.05, 3.63) is 61.9 Å². The van der Waals surface area contributed by atoms with Crippen molar-refractivity contribution >= 4 is 56.4 Å². The molecule has 0 atom stereocenters. The Morgan fingerprint density at radius 1 is 1.05 bits per heavy atom. The minimum atomic E-state index is 0.0575. The van der Waals surface area contributed by atoms with E-state index in [1.165, 1.54) is 50.3 Å². The lowest BCUT2D eigenvalue weighted by Gasteiger charge is -2.31. The molecule has 0 N–H and O–H groups in total. The molecule has 0 aromatic heterocycles. The minimum absolute atomic E-state index is 0.0575. The van der Waals surface area contributed by atoms with Crippen molar-refractivity contribution in [3.63, 3.8) is 0 Å². The van der Waals surface area contributed by atoms with Crippen molar-refractivity contribution in [1.82, 2.24) is 4.90 Å². The number of carbonyl (C=O) groups is 1. The average Bonchev–Trinajstić information content (AvgIpc) is 3.23. The number of nitrogens with zero attached hydrogens (tertiary/aromatic N) is 2. The largest absolute Gasteiger partial charge is 0.493 e. The van der Waals surface area contributed by atoms with Crippen molar-refractivity contribution in [2.75, 3.05) is 7.11 Å². The second-order valence-corrected chi connectivity index (χ2v) is 12.6. The van der Waals surface area contributed by atoms with Crippen molar-refractivity contribution in [2.24, 2.45) is 4.99 Å². The van der Waals surface area contributed by atoms with Crippen molar-refractivity contribution in [1.29, 1.82) is 0 Å². The summed E-state index contributed by atoms with van der Waals surface area (Å²) in [5.74, 6) is 1.09. The summed E-state index contributed by atoms with van der Waals surface area (Å²) in [6, 6.07) is 12.2. The van der Waals surface area contributed by atoms with Crippen LogP contribution in [0, 0.1) is 0 Å². The third-order valence-corrected chi connectivity index (χ3v) is 9.30. The fourth-order valence-corrected chi connectivity index (χ4v) is 7.10. The standard InChI is InChI=1S/C30H34BrClN2O3S/c1-36-26-17-21(16-25(32)28(26)37-19-20-12-14-22(31)15-13-20)18-27-29(35)34(24-10-6-3-7-11-24)30(38-27)33-23-8-4-2-5-9-23/h12-18,23-24H,2-11,19H2,1H3. The van der Waals surface area contributed by atoms with E-state index in [2.05, 4.69) is 15.9 Å². The Morgan fingerprint density at radius 2 is 1.74 bits per heavy atom. The molecule has 1 amide bonds. The summed E-state index contributed by atoms with van der Waals surface area (Å²) in [4.78, 5) is 21.5. The van der Waals surface area contributed by atoms with Crippen LogP contribution in [0.5, 0.6) is 11.5 Å². The zero-order chi connectivity index (χ0) is 26.5. The predicted molar refractivity (Wildman–Crippen MR) is 160 cm³/mol. The van der Waals surface area contributed by atoms with Gasteiger partial charge in [-0.1, -0.05) is 78.2 Å². The van der Waals surface area contributed by atoms with Gasteiger partial charge in [0.05, 0.1) is 23.1 Å². The summed E-state index contributed by atoms with van der Waals surface area (Å²) in [7, 11) is 1.60. The van der Waals surface area contributed by atoms with Gasteiger partial charge in [-0.25, -0.2) is 0 Å². The summed E-state index contributed by atoms with van der Waals surface area (Å²) in [6.45, 7) is 0.371. The van der Waals surface area contributed by atoms with Crippen molar-refractivity contribution in [2.45, 2.75) is 82.9 Å². The number of halogens is 2. The van der Waals surface area contributed by atoms with Gasteiger partial charge in [-0.15, -0.1) is 0 Å². The topological polar surface area (TPSA) is 51.1 Å². The maximum atomic E-state index is 13.7. The highest BCUT2D eigenvalue weighted by Gasteiger charge is 2.39. The van der Waals surface area contributed by atoms with E-state index < -0.39 is 0 Å². The van der Waals surface area contributed by atoms with Gasteiger partial charge in [0.1, 0.15) is 6.61 Å². The van der Waals surface area contributed by atoms with Crippen molar-refractivity contribution < 1.29 is 14.3 Å². The van der Waals surface area contributed by atoms with Crippen LogP contribution in [-0.4, -0.2) is 35.2 Å². The molecular formula is C30H34BrClN2O3S. The third-order valence-electron chi connectivity index (χ3n) is 7.49. The number of hydrogen-bond acceptors (Lipinski definition) is 5. The second kappa shape index (κ2) is 12.9. The van der Waals surface area contributed by atoms with E-state index in [-0.39, 0.29) is 11.9 Å². The van der Waals surface area contributed by atoms with Crippen LogP contribution in [-0.2, 0) is 11.4 Å². The fourth-order valence-electron chi connectivity index (χ4n) is 5.45. The van der Waals surface area contributed by atoms with Gasteiger partial charge in [0, 0.05) is 10.5 Å². The molecule has 8 heteroatoms. The molecule has 5 rings (SSSR count). The van der Waals surface area contributed by atoms with E-state index in [1.807, 2.05) is 47.4 Å². The molecule has 2 aromatic rings. The van der Waals surface area contributed by atoms with Gasteiger partial charge >= 0.3 is 0 Å². The summed E-state index contributed by atoms with van der Waals surface area (Å²) in [6.07, 6.45) is 13.6. The molecule has 0 bridgehead atoms. The lowest BCUT2D eigenvalue weighted by Crippen LogP contribution is -2.41. The lowest BCUT2D eigenvalue weighted by atomic mass is 9.94. The Bertz CT molecular complexity index is 1200. The van der Waals surface area contributed by atoms with Gasteiger partial charge in [-0.3, -0.25) is 14.7 Å². The smallest absolute Gasteiger partial charge is 0.266 e. The van der Waals surface area contributed by atoms with E-state index >= 15 is 0 Å². The second-order valence-electron chi connectivity index (χ2n) is 10.2. The van der Waals surface area contributed by atoms with Gasteiger partial charge < -0.3 is 9.47 Å². The molecule has 3 aliphatic rings. The SMILES string of the molecule is COc1cc(C=C2SC(=NC3CCCCC3)N(C3CCCCC3)C2=O)cc(Cl)c1OCc1ccc(Br)cc1. The first-order chi connectivity index (χ1) is 18.5. The monoisotopic (exact) mass is 616 g/mol. The van der Waals surface area contributed by atoms with Gasteiger partial charge in [-0.05, 0) is 78.9 Å².